The van der Waals surface area contributed by atoms with Crippen LogP contribution in [0.3, 0.4) is 0 Å². The Morgan fingerprint density at radius 3 is 2.38 bits per heavy atom. The molecule has 3 atom stereocenters. The van der Waals surface area contributed by atoms with E-state index in [1.807, 2.05) is 0 Å². The van der Waals surface area contributed by atoms with Crippen LogP contribution >= 0.6 is 0 Å². The lowest BCUT2D eigenvalue weighted by molar-refractivity contribution is 0.503. The molecule has 3 N–H and O–H groups in total. The van der Waals surface area contributed by atoms with Crippen LogP contribution in [0.15, 0.2) is 0 Å². The zero-order valence-corrected chi connectivity index (χ0v) is 4.93. The van der Waals surface area contributed by atoms with Crippen molar-refractivity contribution in [3.63, 3.8) is 0 Å². The third-order valence-electron chi connectivity index (χ3n) is 2.50. The van der Waals surface area contributed by atoms with Crippen molar-refractivity contribution in [1.29, 1.82) is 0 Å². The summed E-state index contributed by atoms with van der Waals surface area (Å²) < 4.78 is 0. The highest BCUT2D eigenvalue weighted by Crippen LogP contribution is 2.29. The zero-order valence-electron chi connectivity index (χ0n) is 4.93. The molecule has 0 aromatic rings. The van der Waals surface area contributed by atoms with E-state index in [9.17, 15) is 0 Å². The summed E-state index contributed by atoms with van der Waals surface area (Å²) >= 11 is 0. The van der Waals surface area contributed by atoms with E-state index in [1.54, 1.807) is 0 Å². The molecule has 46 valence electrons. The van der Waals surface area contributed by atoms with Gasteiger partial charge in [0.15, 0.2) is 0 Å². The molecule has 1 aliphatic heterocycles. The van der Waals surface area contributed by atoms with Gasteiger partial charge in [0.1, 0.15) is 0 Å². The summed E-state index contributed by atoms with van der Waals surface area (Å²) in [5.41, 5.74) is 5.82. The molecular weight excluding hydrogens is 100 g/mol. The summed E-state index contributed by atoms with van der Waals surface area (Å²) in [6.07, 6.45) is 2.67. The lowest BCUT2D eigenvalue weighted by Crippen LogP contribution is -2.33. The lowest BCUT2D eigenvalue weighted by atomic mass is 10.1. The van der Waals surface area contributed by atoms with Gasteiger partial charge in [-0.3, -0.25) is 0 Å². The fraction of sp³-hybridized carbons (Fsp3) is 1.00. The Labute approximate surface area is 49.4 Å². The Morgan fingerprint density at radius 2 is 2.25 bits per heavy atom. The predicted molar refractivity (Wildman–Crippen MR) is 32.5 cm³/mol. The molecule has 0 aromatic carbocycles. The maximum Gasteiger partial charge on any atom is 0.0235 e. The van der Waals surface area contributed by atoms with E-state index in [0.717, 1.165) is 5.92 Å². The molecule has 2 nitrogen and oxygen atoms in total. The van der Waals surface area contributed by atoms with Crippen LogP contribution in [0.4, 0.5) is 0 Å². The summed E-state index contributed by atoms with van der Waals surface area (Å²) in [4.78, 5) is 0. The Hall–Kier alpha value is -0.0800. The largest absolute Gasteiger partial charge is 0.326 e. The van der Waals surface area contributed by atoms with Gasteiger partial charge >= 0.3 is 0 Å². The van der Waals surface area contributed by atoms with Crippen LogP contribution in [-0.2, 0) is 0 Å². The van der Waals surface area contributed by atoms with Gasteiger partial charge < -0.3 is 11.1 Å². The van der Waals surface area contributed by atoms with Gasteiger partial charge in [-0.15, -0.1) is 0 Å². The number of fused-ring (bicyclic) bond motifs is 2. The van der Waals surface area contributed by atoms with Crippen molar-refractivity contribution in [2.24, 2.45) is 11.7 Å². The van der Waals surface area contributed by atoms with Gasteiger partial charge in [0.2, 0.25) is 0 Å². The van der Waals surface area contributed by atoms with Crippen molar-refractivity contribution < 1.29 is 0 Å². The first-order chi connectivity index (χ1) is 3.88. The molecule has 1 saturated heterocycles. The maximum atomic E-state index is 5.82. The fourth-order valence-corrected chi connectivity index (χ4v) is 1.89. The summed E-state index contributed by atoms with van der Waals surface area (Å²) in [5.74, 6) is 0.806. The van der Waals surface area contributed by atoms with Crippen LogP contribution in [0.2, 0.25) is 0 Å². The monoisotopic (exact) mass is 112 g/mol. The van der Waals surface area contributed by atoms with Crippen molar-refractivity contribution in [3.05, 3.63) is 0 Å². The molecule has 1 saturated carbocycles. The van der Waals surface area contributed by atoms with E-state index >= 15 is 0 Å². The molecule has 2 fully saturated rings. The lowest BCUT2D eigenvalue weighted by Gasteiger charge is -2.07. The fourth-order valence-electron chi connectivity index (χ4n) is 1.89. The van der Waals surface area contributed by atoms with Crippen molar-refractivity contribution in [1.82, 2.24) is 5.32 Å². The summed E-state index contributed by atoms with van der Waals surface area (Å²) in [5, 5.41) is 3.38. The van der Waals surface area contributed by atoms with E-state index in [0.29, 0.717) is 12.1 Å². The van der Waals surface area contributed by atoms with Crippen molar-refractivity contribution in [3.8, 4) is 0 Å². The van der Waals surface area contributed by atoms with Gasteiger partial charge in [-0.1, -0.05) is 0 Å². The second kappa shape index (κ2) is 1.45. The molecule has 1 unspecified atom stereocenters. The quantitative estimate of drug-likeness (QED) is 0.451. The topological polar surface area (TPSA) is 38.0 Å². The highest BCUT2D eigenvalue weighted by molar-refractivity contribution is 4.99. The Bertz CT molecular complexity index is 82.7. The van der Waals surface area contributed by atoms with Crippen molar-refractivity contribution in [2.45, 2.75) is 24.9 Å². The van der Waals surface area contributed by atoms with Crippen molar-refractivity contribution >= 4 is 0 Å². The van der Waals surface area contributed by atoms with Crippen molar-refractivity contribution in [2.75, 3.05) is 6.54 Å². The van der Waals surface area contributed by atoms with E-state index in [-0.39, 0.29) is 0 Å². The van der Waals surface area contributed by atoms with E-state index in [4.69, 9.17) is 5.73 Å². The molecule has 0 radical (unpaired) electrons. The number of nitrogens with one attached hydrogen (secondary N) is 1. The molecule has 8 heavy (non-hydrogen) atoms. The van der Waals surface area contributed by atoms with Crippen LogP contribution in [0, 0.1) is 5.92 Å². The molecule has 0 aromatic heterocycles. The van der Waals surface area contributed by atoms with E-state index in [2.05, 4.69) is 5.32 Å². The van der Waals surface area contributed by atoms with Crippen LogP contribution in [0.25, 0.3) is 0 Å². The second-order valence-corrected chi connectivity index (χ2v) is 2.93. The van der Waals surface area contributed by atoms with Crippen LogP contribution in [-0.4, -0.2) is 18.6 Å². The molecule has 2 heteroatoms. The van der Waals surface area contributed by atoms with Gasteiger partial charge in [0.25, 0.3) is 0 Å². The SMILES string of the molecule is N[C@H]1C2CC[C@@H]1CN2. The standard InChI is InChI=1S/C6H12N2/c7-6-4-1-2-5(6)8-3-4/h4-6,8H,1-3,7H2/t4-,5?,6-/m1/s1. The summed E-state index contributed by atoms with van der Waals surface area (Å²) in [6.45, 7) is 1.17. The first-order valence-corrected chi connectivity index (χ1v) is 3.37. The molecular formula is C6H12N2. The summed E-state index contributed by atoms with van der Waals surface area (Å²) in [6, 6.07) is 1.15. The van der Waals surface area contributed by atoms with E-state index in [1.165, 1.54) is 19.4 Å². The maximum absolute atomic E-state index is 5.82. The number of nitrogens with two attached hydrogens (primary N) is 1. The average Bonchev–Trinajstić information content (AvgIpc) is 2.29. The number of hydrogen-bond donors (Lipinski definition) is 2. The van der Waals surface area contributed by atoms with Gasteiger partial charge in [-0.25, -0.2) is 0 Å². The van der Waals surface area contributed by atoms with Crippen LogP contribution < -0.4 is 11.1 Å². The molecule has 0 amide bonds. The Morgan fingerprint density at radius 1 is 1.38 bits per heavy atom. The molecule has 2 bridgehead atoms. The number of hydrogen-bond acceptors (Lipinski definition) is 2. The predicted octanol–water partition coefficient (Wildman–Crippen LogP) is -0.305. The molecule has 0 spiro atoms. The molecule has 1 aliphatic carbocycles. The highest BCUT2D eigenvalue weighted by atomic mass is 15.0. The number of rotatable bonds is 0. The summed E-state index contributed by atoms with van der Waals surface area (Å²) in [7, 11) is 0. The Balaban J connectivity index is 2.16. The minimum Gasteiger partial charge on any atom is -0.326 e. The molecule has 2 aliphatic rings. The van der Waals surface area contributed by atoms with E-state index < -0.39 is 0 Å². The highest BCUT2D eigenvalue weighted by Gasteiger charge is 2.38. The van der Waals surface area contributed by atoms with Gasteiger partial charge in [0.05, 0.1) is 0 Å². The normalized spacial score (nSPS) is 52.9. The third-order valence-corrected chi connectivity index (χ3v) is 2.50. The molecule has 1 heterocycles. The zero-order chi connectivity index (χ0) is 5.56. The minimum atomic E-state index is 0.481. The van der Waals surface area contributed by atoms with Gasteiger partial charge in [0, 0.05) is 12.1 Å². The van der Waals surface area contributed by atoms with Gasteiger partial charge in [-0.05, 0) is 25.3 Å². The first kappa shape index (κ1) is 4.77. The smallest absolute Gasteiger partial charge is 0.0235 e. The molecule has 2 rings (SSSR count). The third kappa shape index (κ3) is 0.446. The number of piperidine rings is 1. The van der Waals surface area contributed by atoms with Crippen LogP contribution in [0.5, 0.6) is 0 Å². The second-order valence-electron chi connectivity index (χ2n) is 2.93. The Kier molecular flexibility index (Phi) is 0.866. The van der Waals surface area contributed by atoms with Crippen LogP contribution in [0.1, 0.15) is 12.8 Å². The first-order valence-electron chi connectivity index (χ1n) is 3.37. The minimum absolute atomic E-state index is 0.481. The van der Waals surface area contributed by atoms with Gasteiger partial charge in [-0.2, -0.15) is 0 Å². The average molecular weight is 112 g/mol.